The maximum Gasteiger partial charge on any atom is 0.327 e. The average Bonchev–Trinajstić information content (AvgIpc) is 1.87. The van der Waals surface area contributed by atoms with Gasteiger partial charge in [0.2, 0.25) is 0 Å². The summed E-state index contributed by atoms with van der Waals surface area (Å²) in [6.45, 7) is 0. The highest BCUT2D eigenvalue weighted by atomic mass is 16.4. The van der Waals surface area contributed by atoms with Gasteiger partial charge in [-0.2, -0.15) is 0 Å². The van der Waals surface area contributed by atoms with E-state index in [1.54, 1.807) is 14.2 Å². The second-order valence-electron chi connectivity index (χ2n) is 1.75. The predicted octanol–water partition coefficient (Wildman–Crippen LogP) is 0.365. The Morgan fingerprint density at radius 2 is 1.75 bits per heavy atom. The number of carboxylic acids is 2. The van der Waals surface area contributed by atoms with Crippen LogP contribution in [-0.2, 0) is 14.3 Å². The van der Waals surface area contributed by atoms with Gasteiger partial charge in [-0.1, -0.05) is 6.08 Å². The molecule has 0 aliphatic rings. The van der Waals surface area contributed by atoms with E-state index in [1.807, 2.05) is 0 Å². The molecule has 0 unspecified atom stereocenters. The summed E-state index contributed by atoms with van der Waals surface area (Å²) in [6.07, 6.45) is 1.63. The van der Waals surface area contributed by atoms with E-state index in [4.69, 9.17) is 10.2 Å². The number of aliphatic carboxylic acids is 2. The van der Waals surface area contributed by atoms with Crippen molar-refractivity contribution >= 4 is 11.9 Å². The summed E-state index contributed by atoms with van der Waals surface area (Å²) in [4.78, 5) is 19.4. The maximum atomic E-state index is 9.74. The zero-order valence-electron chi connectivity index (χ0n) is 6.98. The first-order valence-electron chi connectivity index (χ1n) is 3.06. The Morgan fingerprint density at radius 1 is 1.33 bits per heavy atom. The first-order valence-corrected chi connectivity index (χ1v) is 3.06. The van der Waals surface area contributed by atoms with Gasteiger partial charge in [-0.15, -0.1) is 0 Å². The molecule has 0 saturated carbocycles. The van der Waals surface area contributed by atoms with Gasteiger partial charge in [0.1, 0.15) is 0 Å². The molecule has 70 valence electrons. The van der Waals surface area contributed by atoms with E-state index in [9.17, 15) is 9.59 Å². The quantitative estimate of drug-likeness (QED) is 0.606. The highest BCUT2D eigenvalue weighted by Crippen LogP contribution is 1.81. The normalized spacial score (nSPS) is 8.83. The van der Waals surface area contributed by atoms with E-state index in [0.29, 0.717) is 0 Å². The summed E-state index contributed by atoms with van der Waals surface area (Å²) in [5, 5.41) is 15.9. The van der Waals surface area contributed by atoms with Crippen molar-refractivity contribution in [2.45, 2.75) is 6.42 Å². The molecule has 2 N–H and O–H groups in total. The smallest absolute Gasteiger partial charge is 0.327 e. The molecule has 0 atom stereocenters. The standard InChI is InChI=1S/C5H6O4.C2H6O/c6-4(7)2-1-3-5(8)9;1-3-2/h1-2H,3H2,(H,6,7)(H,8,9);1-2H3. The summed E-state index contributed by atoms with van der Waals surface area (Å²) in [5.41, 5.74) is 0. The van der Waals surface area contributed by atoms with Gasteiger partial charge >= 0.3 is 11.9 Å². The molecule has 0 saturated heterocycles. The van der Waals surface area contributed by atoms with Crippen molar-refractivity contribution in [3.05, 3.63) is 12.2 Å². The topological polar surface area (TPSA) is 83.8 Å². The van der Waals surface area contributed by atoms with Crippen LogP contribution in [0.1, 0.15) is 6.42 Å². The molecule has 0 bridgehead atoms. The fourth-order valence-electron chi connectivity index (χ4n) is 0.261. The molecule has 0 aromatic rings. The number of carbonyl (C=O) groups is 2. The third-order valence-electron chi connectivity index (χ3n) is 0.553. The van der Waals surface area contributed by atoms with Gasteiger partial charge in [-0.3, -0.25) is 4.79 Å². The SMILES string of the molecule is COC.O=C(O)C=CCC(=O)O. The summed E-state index contributed by atoms with van der Waals surface area (Å²) < 4.78 is 4.25. The van der Waals surface area contributed by atoms with Gasteiger partial charge in [0, 0.05) is 20.3 Å². The van der Waals surface area contributed by atoms with Gasteiger partial charge in [0.05, 0.1) is 6.42 Å². The Morgan fingerprint density at radius 3 is 2.00 bits per heavy atom. The van der Waals surface area contributed by atoms with Crippen LogP contribution in [0.25, 0.3) is 0 Å². The van der Waals surface area contributed by atoms with Gasteiger partial charge in [-0.25, -0.2) is 4.79 Å². The molecular formula is C7H12O5. The van der Waals surface area contributed by atoms with Crippen molar-refractivity contribution in [2.75, 3.05) is 14.2 Å². The summed E-state index contributed by atoms with van der Waals surface area (Å²) in [6, 6.07) is 0. The minimum Gasteiger partial charge on any atom is -0.481 e. The van der Waals surface area contributed by atoms with Crippen LogP contribution in [0.4, 0.5) is 0 Å². The Hall–Kier alpha value is -1.36. The number of hydrogen-bond donors (Lipinski definition) is 2. The first-order chi connectivity index (χ1) is 5.54. The van der Waals surface area contributed by atoms with Crippen LogP contribution in [0.3, 0.4) is 0 Å². The summed E-state index contributed by atoms with van der Waals surface area (Å²) >= 11 is 0. The average molecular weight is 176 g/mol. The van der Waals surface area contributed by atoms with Crippen LogP contribution in [0, 0.1) is 0 Å². The molecule has 5 nitrogen and oxygen atoms in total. The Kier molecular flexibility index (Phi) is 10.6. The molecule has 0 rings (SSSR count). The van der Waals surface area contributed by atoms with Crippen LogP contribution in [0.2, 0.25) is 0 Å². The van der Waals surface area contributed by atoms with Crippen molar-refractivity contribution in [1.82, 2.24) is 0 Å². The molecule has 0 heterocycles. The lowest BCUT2D eigenvalue weighted by Crippen LogP contribution is -1.92. The number of ether oxygens (including phenoxy) is 1. The Balaban J connectivity index is 0. The molecular weight excluding hydrogens is 164 g/mol. The molecule has 0 spiro atoms. The van der Waals surface area contributed by atoms with Crippen molar-refractivity contribution in [1.29, 1.82) is 0 Å². The lowest BCUT2D eigenvalue weighted by Gasteiger charge is -1.79. The minimum absolute atomic E-state index is 0.244. The highest BCUT2D eigenvalue weighted by Gasteiger charge is 1.90. The fraction of sp³-hybridized carbons (Fsp3) is 0.429. The summed E-state index contributed by atoms with van der Waals surface area (Å²) in [7, 11) is 3.25. The Labute approximate surface area is 70.3 Å². The molecule has 5 heteroatoms. The van der Waals surface area contributed by atoms with Gasteiger partial charge in [0.25, 0.3) is 0 Å². The van der Waals surface area contributed by atoms with Crippen LogP contribution >= 0.6 is 0 Å². The molecule has 0 aromatic heterocycles. The third-order valence-corrected chi connectivity index (χ3v) is 0.553. The van der Waals surface area contributed by atoms with Crippen molar-refractivity contribution in [3.8, 4) is 0 Å². The lowest BCUT2D eigenvalue weighted by atomic mass is 10.4. The zero-order valence-corrected chi connectivity index (χ0v) is 6.98. The molecule has 0 radical (unpaired) electrons. The van der Waals surface area contributed by atoms with Gasteiger partial charge < -0.3 is 14.9 Å². The molecule has 0 aromatic carbocycles. The largest absolute Gasteiger partial charge is 0.481 e. The highest BCUT2D eigenvalue weighted by molar-refractivity contribution is 5.81. The second-order valence-corrected chi connectivity index (χ2v) is 1.75. The van der Waals surface area contributed by atoms with E-state index in [0.717, 1.165) is 12.2 Å². The monoisotopic (exact) mass is 176 g/mol. The minimum atomic E-state index is -1.13. The second kappa shape index (κ2) is 9.64. The molecule has 0 aliphatic carbocycles. The third kappa shape index (κ3) is 23.4. The Bertz CT molecular complexity index is 161. The van der Waals surface area contributed by atoms with Crippen molar-refractivity contribution in [2.24, 2.45) is 0 Å². The van der Waals surface area contributed by atoms with E-state index in [1.165, 1.54) is 0 Å². The number of methoxy groups -OCH3 is 1. The maximum absolute atomic E-state index is 9.74. The fourth-order valence-corrected chi connectivity index (χ4v) is 0.261. The van der Waals surface area contributed by atoms with E-state index < -0.39 is 11.9 Å². The number of carboxylic acid groups (broad SMARTS) is 2. The van der Waals surface area contributed by atoms with E-state index in [-0.39, 0.29) is 6.42 Å². The number of rotatable bonds is 3. The van der Waals surface area contributed by atoms with Gasteiger partial charge in [-0.05, 0) is 0 Å². The van der Waals surface area contributed by atoms with Crippen LogP contribution in [-0.4, -0.2) is 36.4 Å². The first kappa shape index (κ1) is 13.2. The van der Waals surface area contributed by atoms with E-state index >= 15 is 0 Å². The molecule has 0 aliphatic heterocycles. The predicted molar refractivity (Wildman–Crippen MR) is 42.0 cm³/mol. The summed E-state index contributed by atoms with van der Waals surface area (Å²) in [5.74, 6) is -2.16. The van der Waals surface area contributed by atoms with Crippen LogP contribution in [0.5, 0.6) is 0 Å². The lowest BCUT2D eigenvalue weighted by molar-refractivity contribution is -0.136. The number of hydrogen-bond acceptors (Lipinski definition) is 3. The molecule has 12 heavy (non-hydrogen) atoms. The van der Waals surface area contributed by atoms with Crippen LogP contribution in [0.15, 0.2) is 12.2 Å². The van der Waals surface area contributed by atoms with Crippen molar-refractivity contribution in [3.63, 3.8) is 0 Å². The van der Waals surface area contributed by atoms with Crippen molar-refractivity contribution < 1.29 is 24.5 Å². The zero-order chi connectivity index (χ0) is 9.98. The van der Waals surface area contributed by atoms with Crippen LogP contribution < -0.4 is 0 Å². The molecule has 0 fully saturated rings. The molecule has 0 amide bonds. The van der Waals surface area contributed by atoms with E-state index in [2.05, 4.69) is 4.74 Å². The van der Waals surface area contributed by atoms with Gasteiger partial charge in [0.15, 0.2) is 0 Å².